The second-order valence-electron chi connectivity index (χ2n) is 5.86. The lowest BCUT2D eigenvalue weighted by Gasteiger charge is -2.17. The largest absolute Gasteiger partial charge is 0.337 e. The molecular formula is C18H18N4O4. The van der Waals surface area contributed by atoms with Crippen LogP contribution in [0, 0.1) is 10.1 Å². The minimum Gasteiger partial charge on any atom is -0.337 e. The van der Waals surface area contributed by atoms with Gasteiger partial charge in [0.05, 0.1) is 10.6 Å². The molecule has 0 radical (unpaired) electrons. The zero-order chi connectivity index (χ0) is 18.5. The van der Waals surface area contributed by atoms with Crippen LogP contribution < -0.4 is 15.5 Å². The van der Waals surface area contributed by atoms with Crippen LogP contribution in [-0.2, 0) is 11.2 Å². The number of hydrogen-bond acceptors (Lipinski definition) is 4. The van der Waals surface area contributed by atoms with E-state index in [-0.39, 0.29) is 30.6 Å². The minimum atomic E-state index is -0.475. The van der Waals surface area contributed by atoms with Crippen molar-refractivity contribution in [1.82, 2.24) is 5.32 Å². The molecule has 26 heavy (non-hydrogen) atoms. The van der Waals surface area contributed by atoms with Gasteiger partial charge in [0.2, 0.25) is 5.91 Å². The summed E-state index contributed by atoms with van der Waals surface area (Å²) >= 11 is 0. The average molecular weight is 354 g/mol. The van der Waals surface area contributed by atoms with Gasteiger partial charge in [0.1, 0.15) is 0 Å². The topological polar surface area (TPSA) is 105 Å². The quantitative estimate of drug-likeness (QED) is 0.636. The molecule has 0 saturated heterocycles. The van der Waals surface area contributed by atoms with E-state index in [1.165, 1.54) is 12.1 Å². The van der Waals surface area contributed by atoms with E-state index in [4.69, 9.17) is 0 Å². The van der Waals surface area contributed by atoms with Crippen molar-refractivity contribution in [3.8, 4) is 0 Å². The number of carbonyl (C=O) groups is 2. The fourth-order valence-electron chi connectivity index (χ4n) is 2.85. The van der Waals surface area contributed by atoms with E-state index >= 15 is 0 Å². The summed E-state index contributed by atoms with van der Waals surface area (Å²) in [5.41, 5.74) is 2.12. The first-order chi connectivity index (χ1) is 12.5. The molecule has 2 aromatic rings. The highest BCUT2D eigenvalue weighted by atomic mass is 16.6. The second-order valence-corrected chi connectivity index (χ2v) is 5.86. The molecule has 2 N–H and O–H groups in total. The zero-order valence-corrected chi connectivity index (χ0v) is 14.0. The first-order valence-corrected chi connectivity index (χ1v) is 8.22. The van der Waals surface area contributed by atoms with Crippen molar-refractivity contribution >= 4 is 29.0 Å². The molecule has 0 unspecified atom stereocenters. The Balaban J connectivity index is 1.53. The summed E-state index contributed by atoms with van der Waals surface area (Å²) in [5, 5.41) is 16.2. The molecule has 8 nitrogen and oxygen atoms in total. The van der Waals surface area contributed by atoms with Gasteiger partial charge in [-0.1, -0.05) is 24.3 Å². The Morgan fingerprint density at radius 2 is 1.92 bits per heavy atom. The van der Waals surface area contributed by atoms with Crippen molar-refractivity contribution in [1.29, 1.82) is 0 Å². The Morgan fingerprint density at radius 3 is 2.65 bits per heavy atom. The van der Waals surface area contributed by atoms with Gasteiger partial charge in [-0.25, -0.2) is 4.79 Å². The predicted molar refractivity (Wildman–Crippen MR) is 97.2 cm³/mol. The summed E-state index contributed by atoms with van der Waals surface area (Å²) in [6, 6.07) is 13.2. The van der Waals surface area contributed by atoms with E-state index in [0.717, 1.165) is 5.56 Å². The Morgan fingerprint density at radius 1 is 1.15 bits per heavy atom. The van der Waals surface area contributed by atoms with Gasteiger partial charge in [-0.05, 0) is 24.1 Å². The number of para-hydroxylation sites is 1. The van der Waals surface area contributed by atoms with Crippen molar-refractivity contribution < 1.29 is 14.5 Å². The van der Waals surface area contributed by atoms with E-state index in [1.807, 2.05) is 18.2 Å². The number of nitro groups is 1. The highest BCUT2D eigenvalue weighted by Gasteiger charge is 2.26. The third-order valence-electron chi connectivity index (χ3n) is 4.13. The molecule has 0 spiro atoms. The number of nitrogens with zero attached hydrogens (tertiary/aromatic N) is 2. The van der Waals surface area contributed by atoms with Crippen LogP contribution in [0.5, 0.6) is 0 Å². The molecule has 0 saturated carbocycles. The van der Waals surface area contributed by atoms with Crippen LogP contribution in [-0.4, -0.2) is 30.0 Å². The highest BCUT2D eigenvalue weighted by molar-refractivity contribution is 5.96. The number of amides is 3. The van der Waals surface area contributed by atoms with Gasteiger partial charge in [-0.3, -0.25) is 14.9 Å². The van der Waals surface area contributed by atoms with Crippen LogP contribution in [0.3, 0.4) is 0 Å². The fraction of sp³-hybridized carbons (Fsp3) is 0.222. The monoisotopic (exact) mass is 354 g/mol. The molecule has 0 fully saturated rings. The fourth-order valence-corrected chi connectivity index (χ4v) is 2.85. The van der Waals surface area contributed by atoms with Crippen LogP contribution in [0.1, 0.15) is 12.0 Å². The Kier molecular flexibility index (Phi) is 5.12. The zero-order valence-electron chi connectivity index (χ0n) is 14.0. The first kappa shape index (κ1) is 17.4. The standard InChI is InChI=1S/C18H18N4O4/c23-17(8-10-19-18(24)20-14-4-2-1-3-5-14)21-11-9-13-6-7-15(22(25)26)12-16(13)21/h1-7,12H,8-11H2,(H2,19,20,24). The molecule has 0 atom stereocenters. The van der Waals surface area contributed by atoms with Crippen LogP contribution in [0.25, 0.3) is 0 Å². The summed E-state index contributed by atoms with van der Waals surface area (Å²) in [7, 11) is 0. The number of anilines is 2. The number of nitro benzene ring substituents is 1. The molecule has 0 bridgehead atoms. The maximum absolute atomic E-state index is 12.4. The number of nitrogens with one attached hydrogen (secondary N) is 2. The Labute approximate surface area is 150 Å². The van der Waals surface area contributed by atoms with E-state index in [2.05, 4.69) is 10.6 Å². The Hall–Kier alpha value is -3.42. The summed E-state index contributed by atoms with van der Waals surface area (Å²) in [6.45, 7) is 0.670. The maximum Gasteiger partial charge on any atom is 0.319 e. The van der Waals surface area contributed by atoms with Crippen LogP contribution in [0.2, 0.25) is 0 Å². The van der Waals surface area contributed by atoms with Gasteiger partial charge >= 0.3 is 6.03 Å². The first-order valence-electron chi connectivity index (χ1n) is 8.22. The number of fused-ring (bicyclic) bond motifs is 1. The molecule has 1 aliphatic rings. The van der Waals surface area contributed by atoms with Crippen molar-refractivity contribution in [2.75, 3.05) is 23.3 Å². The molecule has 0 aromatic heterocycles. The van der Waals surface area contributed by atoms with E-state index in [9.17, 15) is 19.7 Å². The lowest BCUT2D eigenvalue weighted by atomic mass is 10.1. The van der Waals surface area contributed by atoms with Crippen LogP contribution in [0.15, 0.2) is 48.5 Å². The second kappa shape index (κ2) is 7.64. The van der Waals surface area contributed by atoms with Crippen molar-refractivity contribution in [2.24, 2.45) is 0 Å². The van der Waals surface area contributed by atoms with Crippen molar-refractivity contribution in [3.63, 3.8) is 0 Å². The number of urea groups is 1. The number of non-ortho nitro benzene ring substituents is 1. The van der Waals surface area contributed by atoms with Gasteiger partial charge < -0.3 is 15.5 Å². The normalized spacial score (nSPS) is 12.4. The summed E-state index contributed by atoms with van der Waals surface area (Å²) in [5.74, 6) is -0.177. The van der Waals surface area contributed by atoms with E-state index in [0.29, 0.717) is 24.3 Å². The average Bonchev–Trinajstić information content (AvgIpc) is 3.05. The maximum atomic E-state index is 12.4. The number of benzene rings is 2. The molecule has 3 amide bonds. The van der Waals surface area contributed by atoms with Gasteiger partial charge in [0, 0.05) is 37.3 Å². The summed E-state index contributed by atoms with van der Waals surface area (Å²) in [4.78, 5) is 36.2. The van der Waals surface area contributed by atoms with Crippen LogP contribution >= 0.6 is 0 Å². The molecular weight excluding hydrogens is 336 g/mol. The van der Waals surface area contributed by atoms with E-state index in [1.54, 1.807) is 23.1 Å². The highest BCUT2D eigenvalue weighted by Crippen LogP contribution is 2.31. The third-order valence-corrected chi connectivity index (χ3v) is 4.13. The molecule has 1 aliphatic heterocycles. The minimum absolute atomic E-state index is 0.0381. The van der Waals surface area contributed by atoms with E-state index < -0.39 is 4.92 Å². The number of rotatable bonds is 5. The third kappa shape index (κ3) is 3.97. The number of carbonyl (C=O) groups excluding carboxylic acids is 2. The van der Waals surface area contributed by atoms with Crippen molar-refractivity contribution in [3.05, 3.63) is 64.2 Å². The number of hydrogen-bond donors (Lipinski definition) is 2. The molecule has 134 valence electrons. The van der Waals surface area contributed by atoms with Crippen molar-refractivity contribution in [2.45, 2.75) is 12.8 Å². The summed E-state index contributed by atoms with van der Waals surface area (Å²) < 4.78 is 0. The van der Waals surface area contributed by atoms with Gasteiger partial charge in [0.15, 0.2) is 0 Å². The van der Waals surface area contributed by atoms with Crippen LogP contribution in [0.4, 0.5) is 21.9 Å². The molecule has 1 heterocycles. The molecule has 2 aromatic carbocycles. The Bertz CT molecular complexity index is 838. The SMILES string of the molecule is O=C(NCCC(=O)N1CCc2ccc([N+](=O)[O-])cc21)Nc1ccccc1. The molecule has 3 rings (SSSR count). The smallest absolute Gasteiger partial charge is 0.319 e. The lowest BCUT2D eigenvalue weighted by molar-refractivity contribution is -0.384. The van der Waals surface area contributed by atoms with Gasteiger partial charge in [0.25, 0.3) is 5.69 Å². The van der Waals surface area contributed by atoms with Gasteiger partial charge in [-0.2, -0.15) is 0 Å². The molecule has 0 aliphatic carbocycles. The van der Waals surface area contributed by atoms with Gasteiger partial charge in [-0.15, -0.1) is 0 Å². The summed E-state index contributed by atoms with van der Waals surface area (Å²) in [6.07, 6.45) is 0.783. The molecule has 8 heteroatoms. The lowest BCUT2D eigenvalue weighted by Crippen LogP contribution is -2.35. The predicted octanol–water partition coefficient (Wildman–Crippen LogP) is 2.70.